The van der Waals surface area contributed by atoms with Crippen molar-refractivity contribution in [2.24, 2.45) is 5.92 Å². The van der Waals surface area contributed by atoms with Gasteiger partial charge < -0.3 is 18.5 Å². The molecule has 6 nitrogen and oxygen atoms in total. The lowest BCUT2D eigenvalue weighted by molar-refractivity contribution is -0.150. The summed E-state index contributed by atoms with van der Waals surface area (Å²) in [6, 6.07) is 11.7. The molecule has 0 aliphatic heterocycles. The molecular weight excluding hydrogens is 427 g/mol. The van der Waals surface area contributed by atoms with E-state index >= 15 is 0 Å². The normalized spacial score (nSPS) is 17.1. The minimum Gasteiger partial charge on any atom is -0.497 e. The number of rotatable bonds is 10. The van der Waals surface area contributed by atoms with Crippen LogP contribution in [0.4, 0.5) is 0 Å². The third kappa shape index (κ3) is 5.72. The first kappa shape index (κ1) is 24.8. The highest BCUT2D eigenvalue weighted by atomic mass is 31.2. The summed E-state index contributed by atoms with van der Waals surface area (Å²) in [7, 11) is -1.95. The average Bonchev–Trinajstić information content (AvgIpc) is 2.82. The molecule has 0 amide bonds. The Balaban J connectivity index is 1.84. The predicted molar refractivity (Wildman–Crippen MR) is 126 cm³/mol. The Hall–Kier alpha value is -1.88. The molecule has 2 aromatic rings. The second-order valence-electron chi connectivity index (χ2n) is 8.30. The lowest BCUT2D eigenvalue weighted by atomic mass is 9.89. The van der Waals surface area contributed by atoms with Gasteiger partial charge in [-0.05, 0) is 62.1 Å². The number of hydrogen-bond donors (Lipinski definition) is 0. The van der Waals surface area contributed by atoms with E-state index in [1.165, 1.54) is 0 Å². The fourth-order valence-corrected chi connectivity index (χ4v) is 6.51. The third-order valence-corrected chi connectivity index (χ3v) is 8.53. The first-order valence-corrected chi connectivity index (χ1v) is 13.2. The van der Waals surface area contributed by atoms with Gasteiger partial charge in [-0.2, -0.15) is 0 Å². The van der Waals surface area contributed by atoms with Gasteiger partial charge in [-0.15, -0.1) is 0 Å². The topological polar surface area (TPSA) is 71.1 Å². The van der Waals surface area contributed by atoms with Crippen LogP contribution < -0.4 is 4.74 Å². The van der Waals surface area contributed by atoms with E-state index in [4.69, 9.17) is 18.5 Å². The Kier molecular flexibility index (Phi) is 8.75. The zero-order chi connectivity index (χ0) is 23.1. The molecule has 1 aliphatic carbocycles. The molecule has 0 unspecified atom stereocenters. The molecule has 32 heavy (non-hydrogen) atoms. The highest BCUT2D eigenvalue weighted by Crippen LogP contribution is 2.58. The summed E-state index contributed by atoms with van der Waals surface area (Å²) in [6.45, 7) is 5.84. The van der Waals surface area contributed by atoms with Crippen LogP contribution in [0.2, 0.25) is 0 Å². The second-order valence-corrected chi connectivity index (χ2v) is 10.4. The van der Waals surface area contributed by atoms with Gasteiger partial charge in [0.1, 0.15) is 5.75 Å². The van der Waals surface area contributed by atoms with E-state index in [0.717, 1.165) is 54.2 Å². The summed E-state index contributed by atoms with van der Waals surface area (Å²) in [6.07, 6.45) is 4.91. The van der Waals surface area contributed by atoms with Crippen molar-refractivity contribution >= 4 is 24.3 Å². The molecule has 0 bridgehead atoms. The van der Waals surface area contributed by atoms with E-state index in [9.17, 15) is 9.36 Å². The van der Waals surface area contributed by atoms with Crippen molar-refractivity contribution in [1.82, 2.24) is 0 Å². The summed E-state index contributed by atoms with van der Waals surface area (Å²) in [5.74, 6) is -1.02. The van der Waals surface area contributed by atoms with Crippen molar-refractivity contribution < 1.29 is 27.9 Å². The Morgan fingerprint density at radius 1 is 1.00 bits per heavy atom. The van der Waals surface area contributed by atoms with Crippen molar-refractivity contribution in [3.8, 4) is 5.75 Å². The van der Waals surface area contributed by atoms with Gasteiger partial charge in [-0.25, -0.2) is 0 Å². The van der Waals surface area contributed by atoms with Crippen molar-refractivity contribution in [2.75, 3.05) is 20.3 Å². The maximum Gasteiger partial charge on any atom is 0.371 e. The Bertz CT molecular complexity index is 943. The van der Waals surface area contributed by atoms with Crippen molar-refractivity contribution in [3.05, 3.63) is 42.0 Å². The van der Waals surface area contributed by atoms with Crippen LogP contribution in [0.25, 0.3) is 10.8 Å². The molecule has 1 saturated carbocycles. The van der Waals surface area contributed by atoms with Crippen LogP contribution in [0.1, 0.15) is 64.4 Å². The van der Waals surface area contributed by atoms with E-state index in [2.05, 4.69) is 0 Å². The summed E-state index contributed by atoms with van der Waals surface area (Å²) in [5.41, 5.74) is 0.845. The van der Waals surface area contributed by atoms with Crippen molar-refractivity contribution in [1.29, 1.82) is 0 Å². The van der Waals surface area contributed by atoms with E-state index < -0.39 is 25.3 Å². The third-order valence-electron chi connectivity index (χ3n) is 6.14. The van der Waals surface area contributed by atoms with Gasteiger partial charge in [0.2, 0.25) is 5.85 Å². The number of fused-ring (bicyclic) bond motifs is 1. The molecule has 0 saturated heterocycles. The lowest BCUT2D eigenvalue weighted by Crippen LogP contribution is -2.32. The smallest absolute Gasteiger partial charge is 0.371 e. The van der Waals surface area contributed by atoms with Gasteiger partial charge >= 0.3 is 13.6 Å². The zero-order valence-corrected chi connectivity index (χ0v) is 20.4. The number of ether oxygens (including phenoxy) is 2. The molecule has 0 N–H and O–H groups in total. The number of methoxy groups -OCH3 is 1. The maximum atomic E-state index is 13.6. The van der Waals surface area contributed by atoms with Crippen LogP contribution in [0.15, 0.2) is 36.4 Å². The summed E-state index contributed by atoms with van der Waals surface area (Å²) in [4.78, 5) is 13.2. The van der Waals surface area contributed by atoms with E-state index in [1.54, 1.807) is 21.0 Å². The molecule has 7 heteroatoms. The molecule has 2 aromatic carbocycles. The number of carbonyl (C=O) groups excluding carboxylic acids is 1. The monoisotopic (exact) mass is 462 g/mol. The molecule has 1 fully saturated rings. The molecular formula is C25H35O6P. The molecule has 2 atom stereocenters. The van der Waals surface area contributed by atoms with Crippen LogP contribution in [0, 0.1) is 5.92 Å². The Labute approximate surface area is 191 Å². The lowest BCUT2D eigenvalue weighted by Gasteiger charge is -2.34. The van der Waals surface area contributed by atoms with Crippen LogP contribution >= 0.6 is 7.60 Å². The largest absolute Gasteiger partial charge is 0.497 e. The van der Waals surface area contributed by atoms with Gasteiger partial charge in [-0.3, -0.25) is 9.36 Å². The van der Waals surface area contributed by atoms with Crippen LogP contribution in [-0.4, -0.2) is 32.1 Å². The zero-order valence-electron chi connectivity index (χ0n) is 19.5. The quantitative estimate of drug-likeness (QED) is 0.290. The van der Waals surface area contributed by atoms with E-state index in [0.29, 0.717) is 0 Å². The Morgan fingerprint density at radius 2 is 1.62 bits per heavy atom. The van der Waals surface area contributed by atoms with Crippen LogP contribution in [0.5, 0.6) is 5.75 Å². The SMILES string of the molecule is CCOP(=O)(OCC)[C@H](OC(=O)[C@H](C)c1ccc2cc(OC)ccc2c1)C1CCCCC1. The molecule has 0 spiro atoms. The number of benzene rings is 2. The minimum absolute atomic E-state index is 0.0205. The van der Waals surface area contributed by atoms with E-state index in [1.807, 2.05) is 43.3 Å². The van der Waals surface area contributed by atoms with Gasteiger partial charge in [0.05, 0.1) is 26.2 Å². The highest BCUT2D eigenvalue weighted by molar-refractivity contribution is 7.54. The molecule has 0 aromatic heterocycles. The minimum atomic E-state index is -3.59. The summed E-state index contributed by atoms with van der Waals surface area (Å²) in [5, 5.41) is 2.05. The maximum absolute atomic E-state index is 13.6. The molecule has 3 rings (SSSR count). The number of carbonyl (C=O) groups is 1. The highest BCUT2D eigenvalue weighted by Gasteiger charge is 2.45. The van der Waals surface area contributed by atoms with Crippen molar-refractivity contribution in [2.45, 2.75) is 64.6 Å². The molecule has 176 valence electrons. The first-order valence-electron chi connectivity index (χ1n) is 11.6. The first-order chi connectivity index (χ1) is 15.4. The number of esters is 1. The predicted octanol–water partition coefficient (Wildman–Crippen LogP) is 6.67. The fourth-order valence-electron chi connectivity index (χ4n) is 4.38. The van der Waals surface area contributed by atoms with Gasteiger partial charge in [0, 0.05) is 5.92 Å². The van der Waals surface area contributed by atoms with Crippen LogP contribution in [0.3, 0.4) is 0 Å². The second kappa shape index (κ2) is 11.3. The fraction of sp³-hybridized carbons (Fsp3) is 0.560. The summed E-state index contributed by atoms with van der Waals surface area (Å²) < 4.78 is 36.0. The summed E-state index contributed by atoms with van der Waals surface area (Å²) >= 11 is 0. The average molecular weight is 463 g/mol. The van der Waals surface area contributed by atoms with Crippen LogP contribution in [-0.2, 0) is 23.1 Å². The van der Waals surface area contributed by atoms with Gasteiger partial charge in [0.15, 0.2) is 0 Å². The standard InChI is InChI=1S/C25H35O6P/c1-5-29-32(27,30-6-2)25(19-10-8-7-9-11-19)31-24(26)18(3)20-12-13-22-17-23(28-4)15-14-21(22)16-20/h12-19,25H,5-11H2,1-4H3/t18-,25+/m1/s1. The number of hydrogen-bond acceptors (Lipinski definition) is 6. The van der Waals surface area contributed by atoms with Gasteiger partial charge in [0.25, 0.3) is 0 Å². The Morgan fingerprint density at radius 3 is 2.25 bits per heavy atom. The van der Waals surface area contributed by atoms with E-state index in [-0.39, 0.29) is 19.1 Å². The molecule has 0 radical (unpaired) electrons. The van der Waals surface area contributed by atoms with Crippen molar-refractivity contribution in [3.63, 3.8) is 0 Å². The van der Waals surface area contributed by atoms with Gasteiger partial charge in [-0.1, -0.05) is 43.5 Å². The molecule has 0 heterocycles. The molecule has 1 aliphatic rings.